The van der Waals surface area contributed by atoms with Crippen molar-refractivity contribution in [3.8, 4) is 11.4 Å². The van der Waals surface area contributed by atoms with Gasteiger partial charge in [0.1, 0.15) is 0 Å². The number of amides is 1. The Morgan fingerprint density at radius 3 is 2.80 bits per heavy atom. The molecule has 6 nitrogen and oxygen atoms in total. The smallest absolute Gasteiger partial charge is 0.251 e. The van der Waals surface area contributed by atoms with Crippen molar-refractivity contribution in [3.63, 3.8) is 0 Å². The van der Waals surface area contributed by atoms with Gasteiger partial charge in [-0.25, -0.2) is 0 Å². The Hall–Kier alpha value is -2.70. The molecular weight excluding hydrogens is 400 g/mol. The molecule has 0 aliphatic carbocycles. The van der Waals surface area contributed by atoms with Gasteiger partial charge in [0.05, 0.1) is 11.6 Å². The minimum Gasteiger partial charge on any atom is -0.343 e. The Labute approximate surface area is 181 Å². The van der Waals surface area contributed by atoms with E-state index in [-0.39, 0.29) is 12.5 Å². The Bertz CT molecular complexity index is 1000. The number of rotatable bonds is 6. The molecule has 2 heterocycles. The van der Waals surface area contributed by atoms with E-state index in [0.29, 0.717) is 27.9 Å². The van der Waals surface area contributed by atoms with Crippen molar-refractivity contribution in [1.29, 1.82) is 0 Å². The van der Waals surface area contributed by atoms with E-state index in [0.717, 1.165) is 25.6 Å². The molecule has 1 aliphatic heterocycles. The second kappa shape index (κ2) is 9.41. The molecule has 0 spiro atoms. The molecule has 2 aromatic carbocycles. The molecule has 1 N–H and O–H groups in total. The molecule has 1 atom stereocenters. The molecule has 1 aliphatic rings. The van der Waals surface area contributed by atoms with Crippen LogP contribution in [0, 0.1) is 5.92 Å². The first-order chi connectivity index (χ1) is 14.6. The van der Waals surface area contributed by atoms with Crippen molar-refractivity contribution in [2.45, 2.75) is 32.9 Å². The average molecular weight is 425 g/mol. The van der Waals surface area contributed by atoms with Gasteiger partial charge < -0.3 is 9.84 Å². The molecular formula is C23H25ClN4O2. The molecule has 1 amide bonds. The number of carbonyl (C=O) groups excluding carboxylic acids is 1. The second-order valence-electron chi connectivity index (χ2n) is 7.85. The number of hydrogen-bond donors (Lipinski definition) is 1. The van der Waals surface area contributed by atoms with Crippen LogP contribution in [-0.2, 0) is 13.1 Å². The van der Waals surface area contributed by atoms with Gasteiger partial charge in [-0.15, -0.1) is 0 Å². The van der Waals surface area contributed by atoms with Crippen LogP contribution in [0.2, 0.25) is 5.02 Å². The second-order valence-corrected chi connectivity index (χ2v) is 8.26. The first-order valence-electron chi connectivity index (χ1n) is 10.3. The van der Waals surface area contributed by atoms with Crippen molar-refractivity contribution >= 4 is 17.5 Å². The van der Waals surface area contributed by atoms with E-state index in [9.17, 15) is 4.79 Å². The summed E-state index contributed by atoms with van der Waals surface area (Å²) in [5.41, 5.74) is 2.53. The zero-order valence-corrected chi connectivity index (χ0v) is 17.7. The lowest BCUT2D eigenvalue weighted by Gasteiger charge is -2.30. The molecule has 0 bridgehead atoms. The van der Waals surface area contributed by atoms with E-state index >= 15 is 0 Å². The monoisotopic (exact) mass is 424 g/mol. The molecule has 0 radical (unpaired) electrons. The zero-order valence-electron chi connectivity index (χ0n) is 17.0. The van der Waals surface area contributed by atoms with Crippen LogP contribution in [0.5, 0.6) is 0 Å². The lowest BCUT2D eigenvalue weighted by atomic mass is 9.99. The van der Waals surface area contributed by atoms with Crippen molar-refractivity contribution in [1.82, 2.24) is 20.4 Å². The van der Waals surface area contributed by atoms with Crippen LogP contribution in [0.25, 0.3) is 11.4 Å². The molecule has 4 rings (SSSR count). The summed E-state index contributed by atoms with van der Waals surface area (Å²) in [6.45, 7) is 5.68. The van der Waals surface area contributed by atoms with Gasteiger partial charge in [0.2, 0.25) is 11.7 Å². The lowest BCUT2D eigenvalue weighted by Crippen LogP contribution is -2.33. The maximum atomic E-state index is 12.5. The summed E-state index contributed by atoms with van der Waals surface area (Å²) < 4.78 is 5.23. The van der Waals surface area contributed by atoms with E-state index in [1.807, 2.05) is 42.5 Å². The number of likely N-dealkylation sites (tertiary alicyclic amines) is 1. The fraction of sp³-hybridized carbons (Fsp3) is 0.348. The fourth-order valence-electron chi connectivity index (χ4n) is 3.79. The predicted octanol–water partition coefficient (Wildman–Crippen LogP) is 4.55. The summed E-state index contributed by atoms with van der Waals surface area (Å²) in [5, 5.41) is 7.32. The Morgan fingerprint density at radius 1 is 1.23 bits per heavy atom. The Balaban J connectivity index is 1.32. The third kappa shape index (κ3) is 5.07. The van der Waals surface area contributed by atoms with Gasteiger partial charge in [-0.05, 0) is 55.1 Å². The van der Waals surface area contributed by atoms with Gasteiger partial charge in [-0.1, -0.05) is 47.9 Å². The van der Waals surface area contributed by atoms with Crippen LogP contribution in [-0.4, -0.2) is 34.0 Å². The van der Waals surface area contributed by atoms with Gasteiger partial charge in [-0.2, -0.15) is 4.98 Å². The summed E-state index contributed by atoms with van der Waals surface area (Å²) in [4.78, 5) is 19.3. The van der Waals surface area contributed by atoms with Gasteiger partial charge >= 0.3 is 0 Å². The lowest BCUT2D eigenvalue weighted by molar-refractivity contribution is 0.0946. The average Bonchev–Trinajstić information content (AvgIpc) is 3.22. The quantitative estimate of drug-likeness (QED) is 0.628. The van der Waals surface area contributed by atoms with E-state index in [1.54, 1.807) is 6.07 Å². The van der Waals surface area contributed by atoms with Crippen molar-refractivity contribution < 1.29 is 9.32 Å². The summed E-state index contributed by atoms with van der Waals surface area (Å²) in [7, 11) is 0. The number of aromatic nitrogens is 2. The van der Waals surface area contributed by atoms with E-state index in [4.69, 9.17) is 16.1 Å². The SMILES string of the molecule is CC1CCCN(Cc2ccc(C(=O)NCc3nc(-c4ccccc4Cl)no3)cc2)C1. The first-order valence-corrected chi connectivity index (χ1v) is 10.6. The summed E-state index contributed by atoms with van der Waals surface area (Å²) in [6.07, 6.45) is 2.57. The molecule has 30 heavy (non-hydrogen) atoms. The minimum atomic E-state index is -0.175. The largest absolute Gasteiger partial charge is 0.343 e. The summed E-state index contributed by atoms with van der Waals surface area (Å²) in [6, 6.07) is 15.1. The Morgan fingerprint density at radius 2 is 2.03 bits per heavy atom. The topological polar surface area (TPSA) is 71.3 Å². The number of carbonyl (C=O) groups is 1. The number of nitrogens with zero attached hydrogens (tertiary/aromatic N) is 3. The van der Waals surface area contributed by atoms with Gasteiger partial charge in [0.25, 0.3) is 5.91 Å². The molecule has 1 saturated heterocycles. The van der Waals surface area contributed by atoms with E-state index in [1.165, 1.54) is 18.4 Å². The zero-order chi connectivity index (χ0) is 20.9. The molecule has 1 fully saturated rings. The number of nitrogens with one attached hydrogen (secondary N) is 1. The number of halogens is 1. The van der Waals surface area contributed by atoms with Crippen LogP contribution in [0.1, 0.15) is 41.6 Å². The Kier molecular flexibility index (Phi) is 6.45. The van der Waals surface area contributed by atoms with Crippen LogP contribution >= 0.6 is 11.6 Å². The van der Waals surface area contributed by atoms with Crippen LogP contribution in [0.15, 0.2) is 53.1 Å². The highest BCUT2D eigenvalue weighted by molar-refractivity contribution is 6.33. The molecule has 1 aromatic heterocycles. The van der Waals surface area contributed by atoms with Crippen LogP contribution < -0.4 is 5.32 Å². The highest BCUT2D eigenvalue weighted by Gasteiger charge is 2.17. The maximum absolute atomic E-state index is 12.5. The molecule has 1 unspecified atom stereocenters. The highest BCUT2D eigenvalue weighted by atomic mass is 35.5. The molecule has 0 saturated carbocycles. The van der Waals surface area contributed by atoms with Crippen LogP contribution in [0.4, 0.5) is 0 Å². The third-order valence-corrected chi connectivity index (χ3v) is 5.68. The highest BCUT2D eigenvalue weighted by Crippen LogP contribution is 2.24. The maximum Gasteiger partial charge on any atom is 0.251 e. The molecule has 3 aromatic rings. The molecule has 156 valence electrons. The fourth-order valence-corrected chi connectivity index (χ4v) is 4.01. The van der Waals surface area contributed by atoms with Crippen LogP contribution in [0.3, 0.4) is 0 Å². The standard InChI is InChI=1S/C23H25ClN4O2/c1-16-5-4-12-28(14-16)15-17-8-10-18(11-9-17)23(29)25-13-21-26-22(27-30-21)19-6-2-3-7-20(19)24/h2-3,6-11,16H,4-5,12-15H2,1H3,(H,25,29). The van der Waals surface area contributed by atoms with Crippen molar-refractivity contribution in [2.24, 2.45) is 5.92 Å². The summed E-state index contributed by atoms with van der Waals surface area (Å²) >= 11 is 6.16. The van der Waals surface area contributed by atoms with E-state index in [2.05, 4.69) is 27.3 Å². The normalized spacial score (nSPS) is 17.1. The number of benzene rings is 2. The van der Waals surface area contributed by atoms with Crippen molar-refractivity contribution in [2.75, 3.05) is 13.1 Å². The van der Waals surface area contributed by atoms with E-state index < -0.39 is 0 Å². The molecule has 7 heteroatoms. The third-order valence-electron chi connectivity index (χ3n) is 5.35. The predicted molar refractivity (Wildman–Crippen MR) is 116 cm³/mol. The first kappa shape index (κ1) is 20.6. The number of hydrogen-bond acceptors (Lipinski definition) is 5. The summed E-state index contributed by atoms with van der Waals surface area (Å²) in [5.74, 6) is 1.31. The van der Waals surface area contributed by atoms with Crippen molar-refractivity contribution in [3.05, 3.63) is 70.6 Å². The number of piperidine rings is 1. The minimum absolute atomic E-state index is 0.156. The van der Waals surface area contributed by atoms with Gasteiger partial charge in [0.15, 0.2) is 0 Å². The van der Waals surface area contributed by atoms with Gasteiger partial charge in [-0.3, -0.25) is 9.69 Å². The van der Waals surface area contributed by atoms with Gasteiger partial charge in [0, 0.05) is 24.2 Å².